The van der Waals surface area contributed by atoms with Crippen molar-refractivity contribution in [2.45, 2.75) is 51.6 Å². The Morgan fingerprint density at radius 3 is 2.73 bits per heavy atom. The van der Waals surface area contributed by atoms with Crippen LogP contribution in [0.25, 0.3) is 0 Å². The zero-order valence-electron chi connectivity index (χ0n) is 15.3. The summed E-state index contributed by atoms with van der Waals surface area (Å²) in [4.78, 5) is 38.5. The fourth-order valence-electron chi connectivity index (χ4n) is 3.44. The van der Waals surface area contributed by atoms with Crippen LogP contribution in [0.1, 0.15) is 50.2 Å². The fourth-order valence-corrected chi connectivity index (χ4v) is 3.44. The maximum absolute atomic E-state index is 13.0. The second-order valence-corrected chi connectivity index (χ2v) is 6.73. The molecule has 0 saturated carbocycles. The van der Waals surface area contributed by atoms with Crippen molar-refractivity contribution in [3.05, 3.63) is 56.8 Å². The van der Waals surface area contributed by atoms with Crippen LogP contribution >= 0.6 is 0 Å². The van der Waals surface area contributed by atoms with Crippen molar-refractivity contribution in [3.8, 4) is 0 Å². The number of carbonyl (C=O) groups is 1. The molecule has 0 N–H and O–H groups in total. The van der Waals surface area contributed by atoms with Gasteiger partial charge in [0.1, 0.15) is 18.1 Å². The monoisotopic (exact) mass is 359 g/mol. The Labute approximate surface area is 151 Å². The van der Waals surface area contributed by atoms with Crippen LogP contribution in [0.5, 0.6) is 0 Å². The summed E-state index contributed by atoms with van der Waals surface area (Å²) in [6.45, 7) is 2.60. The van der Waals surface area contributed by atoms with Gasteiger partial charge in [0.25, 0.3) is 5.56 Å². The molecule has 1 fully saturated rings. The van der Waals surface area contributed by atoms with E-state index in [1.165, 1.54) is 23.9 Å². The van der Waals surface area contributed by atoms with Crippen molar-refractivity contribution in [2.75, 3.05) is 6.54 Å². The standard InChI is InChI=1S/C19H25N3O4/c1-3-14-8-9-16(26-14)15-7-5-4-6-11-22(15)18(24)13-21-12-10-17(23)20(2)19(21)25/h8-10,12,15H,3-7,11,13H2,1-2H3. The van der Waals surface area contributed by atoms with Crippen molar-refractivity contribution < 1.29 is 9.21 Å². The molecule has 0 spiro atoms. The third-order valence-electron chi connectivity index (χ3n) is 5.00. The van der Waals surface area contributed by atoms with Gasteiger partial charge < -0.3 is 9.32 Å². The van der Waals surface area contributed by atoms with Crippen LogP contribution < -0.4 is 11.2 Å². The molecule has 140 valence electrons. The van der Waals surface area contributed by atoms with E-state index < -0.39 is 5.69 Å². The second kappa shape index (κ2) is 7.76. The molecule has 1 amide bonds. The minimum Gasteiger partial charge on any atom is -0.464 e. The highest BCUT2D eigenvalue weighted by Crippen LogP contribution is 2.31. The van der Waals surface area contributed by atoms with Gasteiger partial charge in [-0.1, -0.05) is 19.8 Å². The number of amides is 1. The SMILES string of the molecule is CCc1ccc(C2CCCCCN2C(=O)Cn2ccc(=O)n(C)c2=O)o1. The highest BCUT2D eigenvalue weighted by Gasteiger charge is 2.29. The Kier molecular flexibility index (Phi) is 5.44. The first kappa shape index (κ1) is 18.2. The number of hydrogen-bond donors (Lipinski definition) is 0. The van der Waals surface area contributed by atoms with E-state index in [0.717, 1.165) is 48.2 Å². The van der Waals surface area contributed by atoms with Gasteiger partial charge in [-0.3, -0.25) is 18.7 Å². The maximum atomic E-state index is 13.0. The molecule has 1 unspecified atom stereocenters. The molecule has 1 saturated heterocycles. The molecule has 1 aliphatic heterocycles. The average Bonchev–Trinajstić information content (AvgIpc) is 2.98. The molecule has 1 aliphatic rings. The van der Waals surface area contributed by atoms with E-state index in [9.17, 15) is 14.4 Å². The normalized spacial score (nSPS) is 17.9. The Hall–Kier alpha value is -2.57. The number of aromatic nitrogens is 2. The lowest BCUT2D eigenvalue weighted by Crippen LogP contribution is -2.42. The molecular formula is C19H25N3O4. The van der Waals surface area contributed by atoms with E-state index in [4.69, 9.17) is 4.42 Å². The van der Waals surface area contributed by atoms with Gasteiger partial charge in [0.15, 0.2) is 0 Å². The summed E-state index contributed by atoms with van der Waals surface area (Å²) in [6, 6.07) is 5.11. The Balaban J connectivity index is 1.86. The third-order valence-corrected chi connectivity index (χ3v) is 5.00. The molecule has 7 nitrogen and oxygen atoms in total. The lowest BCUT2D eigenvalue weighted by molar-refractivity contribution is -0.134. The molecule has 2 aromatic heterocycles. The minimum atomic E-state index is -0.483. The van der Waals surface area contributed by atoms with E-state index in [-0.39, 0.29) is 24.1 Å². The third kappa shape index (κ3) is 3.66. The molecule has 0 aliphatic carbocycles. The molecule has 3 rings (SSSR count). The van der Waals surface area contributed by atoms with Gasteiger partial charge in [-0.25, -0.2) is 4.79 Å². The molecular weight excluding hydrogens is 334 g/mol. The molecule has 0 bridgehead atoms. The van der Waals surface area contributed by atoms with Crippen LogP contribution in [0, 0.1) is 0 Å². The maximum Gasteiger partial charge on any atom is 0.331 e. The van der Waals surface area contributed by atoms with Gasteiger partial charge in [-0.15, -0.1) is 0 Å². The van der Waals surface area contributed by atoms with Gasteiger partial charge in [0.2, 0.25) is 5.91 Å². The predicted octanol–water partition coefficient (Wildman–Crippen LogP) is 1.85. The molecule has 0 radical (unpaired) electrons. The highest BCUT2D eigenvalue weighted by atomic mass is 16.3. The van der Waals surface area contributed by atoms with Crippen LogP contribution in [-0.2, 0) is 24.8 Å². The number of rotatable bonds is 4. The van der Waals surface area contributed by atoms with E-state index in [0.29, 0.717) is 6.54 Å². The van der Waals surface area contributed by atoms with Crippen LogP contribution in [0.3, 0.4) is 0 Å². The first-order valence-electron chi connectivity index (χ1n) is 9.15. The number of likely N-dealkylation sites (tertiary alicyclic amines) is 1. The number of carbonyl (C=O) groups excluding carboxylic acids is 1. The summed E-state index contributed by atoms with van der Waals surface area (Å²) in [5, 5.41) is 0. The molecule has 7 heteroatoms. The average molecular weight is 359 g/mol. The van der Waals surface area contributed by atoms with E-state index in [1.807, 2.05) is 24.0 Å². The van der Waals surface area contributed by atoms with Gasteiger partial charge in [-0.05, 0) is 25.0 Å². The lowest BCUT2D eigenvalue weighted by atomic mass is 10.1. The molecule has 1 atom stereocenters. The fraction of sp³-hybridized carbons (Fsp3) is 0.526. The second-order valence-electron chi connectivity index (χ2n) is 6.73. The Morgan fingerprint density at radius 2 is 2.00 bits per heavy atom. The number of furan rings is 1. The smallest absolute Gasteiger partial charge is 0.331 e. The van der Waals surface area contributed by atoms with Crippen molar-refractivity contribution in [1.29, 1.82) is 0 Å². The van der Waals surface area contributed by atoms with Crippen LogP contribution in [-0.4, -0.2) is 26.5 Å². The summed E-state index contributed by atoms with van der Waals surface area (Å²) in [5.74, 6) is 1.59. The number of nitrogens with zero attached hydrogens (tertiary/aromatic N) is 3. The Bertz CT molecular complexity index is 893. The van der Waals surface area contributed by atoms with E-state index >= 15 is 0 Å². The quantitative estimate of drug-likeness (QED) is 0.835. The van der Waals surface area contributed by atoms with Crippen LogP contribution in [0.4, 0.5) is 0 Å². The molecule has 3 heterocycles. The Morgan fingerprint density at radius 1 is 1.19 bits per heavy atom. The zero-order valence-corrected chi connectivity index (χ0v) is 15.3. The van der Waals surface area contributed by atoms with Crippen LogP contribution in [0.2, 0.25) is 0 Å². The number of aryl methyl sites for hydroxylation is 1. The van der Waals surface area contributed by atoms with E-state index in [1.54, 1.807) is 0 Å². The minimum absolute atomic E-state index is 0.0786. The summed E-state index contributed by atoms with van der Waals surface area (Å²) in [5.41, 5.74) is -0.863. The zero-order chi connectivity index (χ0) is 18.7. The predicted molar refractivity (Wildman–Crippen MR) is 97.0 cm³/mol. The van der Waals surface area contributed by atoms with Gasteiger partial charge in [0, 0.05) is 32.3 Å². The van der Waals surface area contributed by atoms with Gasteiger partial charge in [-0.2, -0.15) is 0 Å². The van der Waals surface area contributed by atoms with Gasteiger partial charge >= 0.3 is 5.69 Å². The molecule has 0 aromatic carbocycles. The molecule has 26 heavy (non-hydrogen) atoms. The van der Waals surface area contributed by atoms with Crippen molar-refractivity contribution in [2.24, 2.45) is 7.05 Å². The largest absolute Gasteiger partial charge is 0.464 e. The topological polar surface area (TPSA) is 77.5 Å². The van der Waals surface area contributed by atoms with Crippen LogP contribution in [0.15, 0.2) is 38.4 Å². The van der Waals surface area contributed by atoms with Gasteiger partial charge in [0.05, 0.1) is 6.04 Å². The summed E-state index contributed by atoms with van der Waals surface area (Å²) < 4.78 is 8.20. The van der Waals surface area contributed by atoms with Crippen molar-refractivity contribution in [1.82, 2.24) is 14.0 Å². The van der Waals surface area contributed by atoms with Crippen molar-refractivity contribution in [3.63, 3.8) is 0 Å². The first-order chi connectivity index (χ1) is 12.5. The summed E-state index contributed by atoms with van der Waals surface area (Å²) in [6.07, 6.45) is 6.10. The highest BCUT2D eigenvalue weighted by molar-refractivity contribution is 5.76. The summed E-state index contributed by atoms with van der Waals surface area (Å²) in [7, 11) is 1.41. The summed E-state index contributed by atoms with van der Waals surface area (Å²) >= 11 is 0. The van der Waals surface area contributed by atoms with Crippen molar-refractivity contribution >= 4 is 5.91 Å². The lowest BCUT2D eigenvalue weighted by Gasteiger charge is -2.29. The molecule has 2 aromatic rings. The van der Waals surface area contributed by atoms with E-state index in [2.05, 4.69) is 0 Å². The number of hydrogen-bond acceptors (Lipinski definition) is 4. The first-order valence-corrected chi connectivity index (χ1v) is 9.15.